The van der Waals surface area contributed by atoms with Gasteiger partial charge in [-0.15, -0.1) is 0 Å². The lowest BCUT2D eigenvalue weighted by Crippen LogP contribution is -2.18. The number of benzene rings is 1. The summed E-state index contributed by atoms with van der Waals surface area (Å²) in [5, 5.41) is 3.41. The molecule has 1 aliphatic carbocycles. The molecule has 1 fully saturated rings. The smallest absolute Gasteiger partial charge is 0.131 e. The largest absolute Gasteiger partial charge is 0.497 e. The molecule has 1 saturated carbocycles. The van der Waals surface area contributed by atoms with Crippen molar-refractivity contribution in [1.82, 2.24) is 5.32 Å². The third kappa shape index (κ3) is 3.19. The molecule has 1 aromatic rings. The number of hydrogen-bond donors (Lipinski definition) is 1. The molecule has 0 spiro atoms. The molecule has 2 atom stereocenters. The Kier molecular flexibility index (Phi) is 4.00. The molecule has 0 aliphatic heterocycles. The van der Waals surface area contributed by atoms with E-state index in [1.807, 2.05) is 0 Å². The van der Waals surface area contributed by atoms with E-state index in [2.05, 4.69) is 12.2 Å². The van der Waals surface area contributed by atoms with E-state index in [9.17, 15) is 4.39 Å². The van der Waals surface area contributed by atoms with Gasteiger partial charge in [-0.25, -0.2) is 4.39 Å². The van der Waals surface area contributed by atoms with Crippen LogP contribution in [0.3, 0.4) is 0 Å². The molecule has 1 aliphatic rings. The Hall–Kier alpha value is -1.09. The van der Waals surface area contributed by atoms with Gasteiger partial charge < -0.3 is 10.1 Å². The first kappa shape index (κ1) is 12.4. The highest BCUT2D eigenvalue weighted by Crippen LogP contribution is 2.34. The Balaban J connectivity index is 1.83. The topological polar surface area (TPSA) is 21.3 Å². The molecular formula is C14H20FNO. The lowest BCUT2D eigenvalue weighted by Gasteiger charge is -2.07. The number of hydrogen-bond acceptors (Lipinski definition) is 2. The van der Waals surface area contributed by atoms with Gasteiger partial charge in [-0.2, -0.15) is 0 Å². The monoisotopic (exact) mass is 237 g/mol. The molecule has 1 aromatic carbocycles. The molecule has 0 bridgehead atoms. The van der Waals surface area contributed by atoms with Crippen molar-refractivity contribution >= 4 is 0 Å². The molecular weight excluding hydrogens is 217 g/mol. The molecule has 17 heavy (non-hydrogen) atoms. The Bertz CT molecular complexity index is 380. The third-order valence-corrected chi connectivity index (χ3v) is 3.40. The fourth-order valence-corrected chi connectivity index (χ4v) is 2.23. The molecule has 2 rings (SSSR count). The van der Waals surface area contributed by atoms with Crippen molar-refractivity contribution in [2.75, 3.05) is 7.11 Å². The average molecular weight is 237 g/mol. The minimum Gasteiger partial charge on any atom is -0.497 e. The van der Waals surface area contributed by atoms with Crippen LogP contribution in [0.2, 0.25) is 0 Å². The fraction of sp³-hybridized carbons (Fsp3) is 0.571. The summed E-state index contributed by atoms with van der Waals surface area (Å²) < 4.78 is 18.6. The van der Waals surface area contributed by atoms with Crippen molar-refractivity contribution in [3.05, 3.63) is 29.6 Å². The maximum absolute atomic E-state index is 13.6. The van der Waals surface area contributed by atoms with E-state index in [1.54, 1.807) is 19.2 Å². The van der Waals surface area contributed by atoms with Gasteiger partial charge >= 0.3 is 0 Å². The number of halogens is 1. The highest BCUT2D eigenvalue weighted by Gasteiger charge is 2.35. The molecule has 2 unspecified atom stereocenters. The second-order valence-corrected chi connectivity index (χ2v) is 4.73. The SMILES string of the molecule is CCCC1CC1NCc1ccc(OC)cc1F. The van der Waals surface area contributed by atoms with E-state index in [4.69, 9.17) is 4.74 Å². The molecule has 0 heterocycles. The van der Waals surface area contributed by atoms with Crippen molar-refractivity contribution in [2.45, 2.75) is 38.8 Å². The maximum atomic E-state index is 13.6. The first-order chi connectivity index (χ1) is 8.24. The zero-order valence-electron chi connectivity index (χ0n) is 10.5. The van der Waals surface area contributed by atoms with Gasteiger partial charge in [0.25, 0.3) is 0 Å². The van der Waals surface area contributed by atoms with Gasteiger partial charge in [-0.3, -0.25) is 0 Å². The summed E-state index contributed by atoms with van der Waals surface area (Å²) in [5.74, 6) is 1.19. The zero-order valence-corrected chi connectivity index (χ0v) is 10.5. The highest BCUT2D eigenvalue weighted by molar-refractivity contribution is 5.28. The van der Waals surface area contributed by atoms with Crippen LogP contribution in [0.4, 0.5) is 4.39 Å². The summed E-state index contributed by atoms with van der Waals surface area (Å²) >= 11 is 0. The second-order valence-electron chi connectivity index (χ2n) is 4.73. The Morgan fingerprint density at radius 3 is 2.94 bits per heavy atom. The number of nitrogens with one attached hydrogen (secondary N) is 1. The minimum atomic E-state index is -0.190. The molecule has 0 aromatic heterocycles. The van der Waals surface area contributed by atoms with Crippen molar-refractivity contribution in [3.8, 4) is 5.75 Å². The number of methoxy groups -OCH3 is 1. The van der Waals surface area contributed by atoms with Crippen LogP contribution >= 0.6 is 0 Å². The lowest BCUT2D eigenvalue weighted by molar-refractivity contribution is 0.410. The van der Waals surface area contributed by atoms with Crippen LogP contribution in [0.5, 0.6) is 5.75 Å². The van der Waals surface area contributed by atoms with Gasteiger partial charge in [-0.05, 0) is 24.8 Å². The van der Waals surface area contributed by atoms with Crippen LogP contribution in [-0.4, -0.2) is 13.2 Å². The molecule has 1 N–H and O–H groups in total. The average Bonchev–Trinajstić information content (AvgIpc) is 3.06. The predicted molar refractivity (Wildman–Crippen MR) is 66.6 cm³/mol. The van der Waals surface area contributed by atoms with Crippen LogP contribution in [0.1, 0.15) is 31.7 Å². The Morgan fingerprint density at radius 2 is 2.29 bits per heavy atom. The summed E-state index contributed by atoms with van der Waals surface area (Å²) in [5.41, 5.74) is 0.716. The molecule has 2 nitrogen and oxygen atoms in total. The second kappa shape index (κ2) is 5.50. The molecule has 3 heteroatoms. The van der Waals surface area contributed by atoms with Crippen molar-refractivity contribution in [2.24, 2.45) is 5.92 Å². The quantitative estimate of drug-likeness (QED) is 0.820. The van der Waals surface area contributed by atoms with Crippen LogP contribution in [0.25, 0.3) is 0 Å². The third-order valence-electron chi connectivity index (χ3n) is 3.40. The van der Waals surface area contributed by atoms with E-state index in [0.29, 0.717) is 23.9 Å². The van der Waals surface area contributed by atoms with Crippen LogP contribution in [0.15, 0.2) is 18.2 Å². The van der Waals surface area contributed by atoms with Gasteiger partial charge in [0.15, 0.2) is 0 Å². The number of ether oxygens (including phenoxy) is 1. The number of rotatable bonds is 6. The first-order valence-corrected chi connectivity index (χ1v) is 6.30. The van der Waals surface area contributed by atoms with Crippen LogP contribution in [0, 0.1) is 11.7 Å². The van der Waals surface area contributed by atoms with Crippen molar-refractivity contribution < 1.29 is 9.13 Å². The molecule has 94 valence electrons. The van der Waals surface area contributed by atoms with Gasteiger partial charge in [0, 0.05) is 24.2 Å². The van der Waals surface area contributed by atoms with E-state index < -0.39 is 0 Å². The summed E-state index contributed by atoms with van der Waals surface area (Å²) in [6, 6.07) is 5.62. The summed E-state index contributed by atoms with van der Waals surface area (Å²) in [7, 11) is 1.55. The van der Waals surface area contributed by atoms with Crippen molar-refractivity contribution in [3.63, 3.8) is 0 Å². The lowest BCUT2D eigenvalue weighted by atomic mass is 10.2. The predicted octanol–water partition coefficient (Wildman–Crippen LogP) is 3.11. The van der Waals surface area contributed by atoms with E-state index in [-0.39, 0.29) is 5.82 Å². The Morgan fingerprint density at radius 1 is 1.47 bits per heavy atom. The standard InChI is InChI=1S/C14H20FNO/c1-3-4-10-7-14(10)16-9-11-5-6-12(17-2)8-13(11)15/h5-6,8,10,14,16H,3-4,7,9H2,1-2H3. The summed E-state index contributed by atoms with van der Waals surface area (Å²) in [6.07, 6.45) is 3.76. The van der Waals surface area contributed by atoms with Gasteiger partial charge in [-0.1, -0.05) is 19.4 Å². The summed E-state index contributed by atoms with van der Waals surface area (Å²) in [4.78, 5) is 0. The highest BCUT2D eigenvalue weighted by atomic mass is 19.1. The molecule has 0 amide bonds. The zero-order chi connectivity index (χ0) is 12.3. The van der Waals surface area contributed by atoms with Gasteiger partial charge in [0.2, 0.25) is 0 Å². The Labute approximate surface area is 102 Å². The van der Waals surface area contributed by atoms with E-state index in [0.717, 1.165) is 5.92 Å². The van der Waals surface area contributed by atoms with Crippen LogP contribution in [-0.2, 0) is 6.54 Å². The minimum absolute atomic E-state index is 0.190. The normalized spacial score (nSPS) is 22.5. The molecule has 0 saturated heterocycles. The van der Waals surface area contributed by atoms with E-state index >= 15 is 0 Å². The van der Waals surface area contributed by atoms with Gasteiger partial charge in [0.05, 0.1) is 7.11 Å². The van der Waals surface area contributed by atoms with E-state index in [1.165, 1.54) is 25.3 Å². The first-order valence-electron chi connectivity index (χ1n) is 6.30. The fourth-order valence-electron chi connectivity index (χ4n) is 2.23. The van der Waals surface area contributed by atoms with Crippen molar-refractivity contribution in [1.29, 1.82) is 0 Å². The van der Waals surface area contributed by atoms with Gasteiger partial charge in [0.1, 0.15) is 11.6 Å². The summed E-state index contributed by atoms with van der Waals surface area (Å²) in [6.45, 7) is 2.82. The van der Waals surface area contributed by atoms with Crippen LogP contribution < -0.4 is 10.1 Å². The maximum Gasteiger partial charge on any atom is 0.131 e. The molecule has 0 radical (unpaired) electrons.